The summed E-state index contributed by atoms with van der Waals surface area (Å²) in [4.78, 5) is 23.9. The van der Waals surface area contributed by atoms with E-state index in [2.05, 4.69) is 0 Å². The third kappa shape index (κ3) is 4.53. The van der Waals surface area contributed by atoms with E-state index in [-0.39, 0.29) is 40.8 Å². The molecule has 2 N–H and O–H groups in total. The van der Waals surface area contributed by atoms with Gasteiger partial charge in [0.25, 0.3) is 0 Å². The topological polar surface area (TPSA) is 74.6 Å². The smallest absolute Gasteiger partial charge is 0.166 e. The predicted octanol–water partition coefficient (Wildman–Crippen LogP) is 3.82. The van der Waals surface area contributed by atoms with Crippen LogP contribution < -0.4 is 0 Å². The van der Waals surface area contributed by atoms with E-state index in [1.165, 1.54) is 19.1 Å². The molecule has 0 amide bonds. The van der Waals surface area contributed by atoms with Gasteiger partial charge in [-0.1, -0.05) is 25.5 Å². The molecule has 1 atom stereocenters. The van der Waals surface area contributed by atoms with E-state index in [9.17, 15) is 19.8 Å². The van der Waals surface area contributed by atoms with E-state index < -0.39 is 6.10 Å². The van der Waals surface area contributed by atoms with E-state index in [0.29, 0.717) is 5.56 Å². The van der Waals surface area contributed by atoms with E-state index in [4.69, 9.17) is 0 Å². The Hall–Kier alpha value is -1.94. The van der Waals surface area contributed by atoms with Crippen LogP contribution in [0.25, 0.3) is 0 Å². The molecular weight excluding hydrogens is 280 g/mol. The molecule has 1 unspecified atom stereocenters. The summed E-state index contributed by atoms with van der Waals surface area (Å²) in [6.45, 7) is 8.84. The van der Waals surface area contributed by atoms with Crippen LogP contribution in [0.2, 0.25) is 0 Å². The summed E-state index contributed by atoms with van der Waals surface area (Å²) in [6.07, 6.45) is 0.776. The zero-order chi connectivity index (χ0) is 17.0. The number of Topliss-reactive ketones (excluding diaryl/α,β-unsaturated/α-hetero) is 2. The number of benzene rings is 1. The van der Waals surface area contributed by atoms with Crippen molar-refractivity contribution in [3.8, 4) is 5.75 Å². The van der Waals surface area contributed by atoms with E-state index in [0.717, 1.165) is 5.57 Å². The number of phenolic OH excluding ortho intramolecular Hbond substituents is 1. The van der Waals surface area contributed by atoms with Crippen molar-refractivity contribution in [2.45, 2.75) is 47.1 Å². The lowest BCUT2D eigenvalue weighted by molar-refractivity contribution is 0.0964. The Morgan fingerprint density at radius 2 is 1.77 bits per heavy atom. The van der Waals surface area contributed by atoms with E-state index in [1.807, 2.05) is 27.7 Å². The Labute approximate surface area is 131 Å². The average Bonchev–Trinajstić information content (AvgIpc) is 2.36. The molecule has 1 aromatic rings. The van der Waals surface area contributed by atoms with Crippen LogP contribution in [-0.2, 0) is 0 Å². The summed E-state index contributed by atoms with van der Waals surface area (Å²) >= 11 is 0. The van der Waals surface area contributed by atoms with Crippen molar-refractivity contribution >= 4 is 11.6 Å². The van der Waals surface area contributed by atoms with Crippen molar-refractivity contribution in [3.05, 3.63) is 40.5 Å². The number of hydrogen-bond acceptors (Lipinski definition) is 4. The number of hydrogen-bond donors (Lipinski definition) is 2. The summed E-state index contributed by atoms with van der Waals surface area (Å²) in [6, 6.07) is 2.84. The lowest BCUT2D eigenvalue weighted by Crippen LogP contribution is -2.09. The van der Waals surface area contributed by atoms with Gasteiger partial charge in [-0.2, -0.15) is 0 Å². The van der Waals surface area contributed by atoms with E-state index in [1.54, 1.807) is 6.08 Å². The molecule has 22 heavy (non-hydrogen) atoms. The second-order valence-corrected chi connectivity index (χ2v) is 6.23. The number of aliphatic hydroxyl groups is 1. The summed E-state index contributed by atoms with van der Waals surface area (Å²) < 4.78 is 0. The van der Waals surface area contributed by atoms with Gasteiger partial charge in [0.1, 0.15) is 11.9 Å². The first-order chi connectivity index (χ1) is 10.1. The van der Waals surface area contributed by atoms with Crippen molar-refractivity contribution in [3.63, 3.8) is 0 Å². The molecule has 0 bridgehead atoms. The van der Waals surface area contributed by atoms with Crippen LogP contribution in [0.3, 0.4) is 0 Å². The van der Waals surface area contributed by atoms with Gasteiger partial charge in [0.05, 0.1) is 5.56 Å². The number of aliphatic hydroxyl groups excluding tert-OH is 1. The summed E-state index contributed by atoms with van der Waals surface area (Å²) in [5.41, 5.74) is 1.45. The summed E-state index contributed by atoms with van der Waals surface area (Å²) in [5, 5.41) is 20.5. The van der Waals surface area contributed by atoms with Crippen molar-refractivity contribution in [1.82, 2.24) is 0 Å². The van der Waals surface area contributed by atoms with Gasteiger partial charge in [-0.15, -0.1) is 0 Å². The third-order valence-electron chi connectivity index (χ3n) is 3.25. The molecule has 0 aliphatic rings. The third-order valence-corrected chi connectivity index (χ3v) is 3.25. The molecule has 120 valence electrons. The van der Waals surface area contributed by atoms with Crippen molar-refractivity contribution < 1.29 is 19.8 Å². The van der Waals surface area contributed by atoms with Gasteiger partial charge in [0.2, 0.25) is 0 Å². The fourth-order valence-corrected chi connectivity index (χ4v) is 2.18. The van der Waals surface area contributed by atoms with Crippen LogP contribution in [0.4, 0.5) is 0 Å². The first-order valence-electron chi connectivity index (χ1n) is 7.37. The summed E-state index contributed by atoms with van der Waals surface area (Å²) in [5.74, 6) is -0.565. The van der Waals surface area contributed by atoms with Gasteiger partial charge in [-0.25, -0.2) is 0 Å². The van der Waals surface area contributed by atoms with Crippen LogP contribution in [0.5, 0.6) is 5.75 Å². The minimum atomic E-state index is -1.06. The van der Waals surface area contributed by atoms with Crippen molar-refractivity contribution in [2.75, 3.05) is 0 Å². The fourth-order valence-electron chi connectivity index (χ4n) is 2.18. The largest absolute Gasteiger partial charge is 0.507 e. The molecule has 0 aromatic heterocycles. The Morgan fingerprint density at radius 3 is 2.23 bits per heavy atom. The zero-order valence-electron chi connectivity index (χ0n) is 13.8. The highest BCUT2D eigenvalue weighted by atomic mass is 16.3. The molecule has 0 saturated heterocycles. The Bertz CT molecular complexity index is 608. The van der Waals surface area contributed by atoms with Gasteiger partial charge < -0.3 is 10.2 Å². The lowest BCUT2D eigenvalue weighted by atomic mass is 9.93. The molecule has 0 aliphatic heterocycles. The Morgan fingerprint density at radius 1 is 1.18 bits per heavy atom. The molecule has 0 saturated carbocycles. The molecule has 0 fully saturated rings. The molecule has 1 rings (SSSR count). The van der Waals surface area contributed by atoms with Gasteiger partial charge in [-0.3, -0.25) is 9.59 Å². The maximum atomic E-state index is 12.3. The van der Waals surface area contributed by atoms with Crippen molar-refractivity contribution in [2.24, 2.45) is 5.92 Å². The molecule has 4 heteroatoms. The first-order valence-corrected chi connectivity index (χ1v) is 7.37. The molecule has 0 spiro atoms. The van der Waals surface area contributed by atoms with Gasteiger partial charge >= 0.3 is 0 Å². The number of carbonyl (C=O) groups is 2. The van der Waals surface area contributed by atoms with Crippen LogP contribution in [0.1, 0.15) is 73.4 Å². The highest BCUT2D eigenvalue weighted by Gasteiger charge is 2.21. The average molecular weight is 304 g/mol. The minimum Gasteiger partial charge on any atom is -0.507 e. The number of carbonyl (C=O) groups excluding carboxylic acids is 2. The quantitative estimate of drug-likeness (QED) is 0.619. The molecule has 0 aliphatic carbocycles. The Kier molecular flexibility index (Phi) is 6.06. The van der Waals surface area contributed by atoms with Crippen LogP contribution in [-0.4, -0.2) is 21.8 Å². The summed E-state index contributed by atoms with van der Waals surface area (Å²) in [7, 11) is 0. The second kappa shape index (κ2) is 7.36. The highest BCUT2D eigenvalue weighted by Crippen LogP contribution is 2.32. The Balaban J connectivity index is 3.45. The minimum absolute atomic E-state index is 0.0950. The van der Waals surface area contributed by atoms with E-state index >= 15 is 0 Å². The maximum Gasteiger partial charge on any atom is 0.166 e. The van der Waals surface area contributed by atoms with Gasteiger partial charge in [-0.05, 0) is 38.8 Å². The number of ketones is 2. The SMILES string of the molecule is CC(=O)c1cc(C(=O)CC(C)C)c(O)c(C(O)C=C(C)C)c1. The molecule has 1 aromatic carbocycles. The van der Waals surface area contributed by atoms with Gasteiger partial charge in [0, 0.05) is 17.5 Å². The molecule has 4 nitrogen and oxygen atoms in total. The predicted molar refractivity (Wildman–Crippen MR) is 86.3 cm³/mol. The highest BCUT2D eigenvalue weighted by molar-refractivity contribution is 6.03. The lowest BCUT2D eigenvalue weighted by Gasteiger charge is -2.15. The second-order valence-electron chi connectivity index (χ2n) is 6.23. The van der Waals surface area contributed by atoms with Crippen molar-refractivity contribution in [1.29, 1.82) is 0 Å². The standard InChI is InChI=1S/C18H24O4/c1-10(2)6-16(20)14-8-13(12(5)19)9-15(18(14)22)17(21)7-11(3)4/h6,8-9,11,16,20,22H,7H2,1-5H3. The first kappa shape index (κ1) is 18.1. The number of phenols is 1. The zero-order valence-corrected chi connectivity index (χ0v) is 13.8. The molecule has 0 radical (unpaired) electrons. The van der Waals surface area contributed by atoms with Crippen LogP contribution in [0.15, 0.2) is 23.8 Å². The van der Waals surface area contributed by atoms with Crippen LogP contribution in [0, 0.1) is 5.92 Å². The number of aromatic hydroxyl groups is 1. The monoisotopic (exact) mass is 304 g/mol. The van der Waals surface area contributed by atoms with Crippen LogP contribution >= 0.6 is 0 Å². The fraction of sp³-hybridized carbons (Fsp3) is 0.444. The van der Waals surface area contributed by atoms with Gasteiger partial charge in [0.15, 0.2) is 11.6 Å². The normalized spacial score (nSPS) is 12.1. The number of rotatable bonds is 6. The number of allylic oxidation sites excluding steroid dienone is 1. The molecule has 0 heterocycles. The molecular formula is C18H24O4. The maximum absolute atomic E-state index is 12.3.